The molecule has 3 rings (SSSR count). The van der Waals surface area contributed by atoms with Gasteiger partial charge in [-0.15, -0.1) is 11.3 Å². The second-order valence-electron chi connectivity index (χ2n) is 7.30. The first kappa shape index (κ1) is 18.6. The summed E-state index contributed by atoms with van der Waals surface area (Å²) >= 11 is 1.57. The first-order chi connectivity index (χ1) is 12.4. The van der Waals surface area contributed by atoms with Crippen molar-refractivity contribution in [3.63, 3.8) is 0 Å². The molecule has 0 unspecified atom stereocenters. The van der Waals surface area contributed by atoms with E-state index < -0.39 is 0 Å². The van der Waals surface area contributed by atoms with Crippen molar-refractivity contribution in [2.24, 2.45) is 13.0 Å². The van der Waals surface area contributed by atoms with Crippen LogP contribution in [0.2, 0.25) is 0 Å². The van der Waals surface area contributed by atoms with Gasteiger partial charge in [0.15, 0.2) is 0 Å². The third-order valence-corrected chi connectivity index (χ3v) is 6.02. The Hall–Kier alpha value is -2.17. The Bertz CT molecular complexity index is 860. The molecule has 1 N–H and O–H groups in total. The molecule has 2 aromatic heterocycles. The third kappa shape index (κ3) is 3.97. The van der Waals surface area contributed by atoms with Crippen molar-refractivity contribution in [2.45, 2.75) is 39.7 Å². The number of amides is 1. The Morgan fingerprint density at radius 1 is 1.58 bits per heavy atom. The van der Waals surface area contributed by atoms with Gasteiger partial charge < -0.3 is 5.32 Å². The number of thiophene rings is 1. The Morgan fingerprint density at radius 3 is 3.00 bits per heavy atom. The van der Waals surface area contributed by atoms with Gasteiger partial charge in [-0.2, -0.15) is 10.4 Å². The molecule has 7 heteroatoms. The van der Waals surface area contributed by atoms with E-state index in [0.29, 0.717) is 23.0 Å². The summed E-state index contributed by atoms with van der Waals surface area (Å²) in [4.78, 5) is 15.7. The normalized spacial score (nSPS) is 16.4. The van der Waals surface area contributed by atoms with Gasteiger partial charge >= 0.3 is 0 Å². The Morgan fingerprint density at radius 2 is 2.35 bits per heavy atom. The maximum absolute atomic E-state index is 12.5. The van der Waals surface area contributed by atoms with Crippen LogP contribution in [-0.2, 0) is 31.2 Å². The second-order valence-corrected chi connectivity index (χ2v) is 8.41. The molecule has 2 heterocycles. The lowest BCUT2D eigenvalue weighted by Gasteiger charge is -2.17. The molecule has 0 saturated carbocycles. The average Bonchev–Trinajstić information content (AvgIpc) is 3.05. The van der Waals surface area contributed by atoms with Crippen molar-refractivity contribution >= 4 is 22.2 Å². The van der Waals surface area contributed by atoms with Gasteiger partial charge in [-0.3, -0.25) is 14.4 Å². The first-order valence-electron chi connectivity index (χ1n) is 8.89. The van der Waals surface area contributed by atoms with Gasteiger partial charge in [-0.05, 0) is 44.7 Å². The number of nitrogens with one attached hydrogen (secondary N) is 1. The van der Waals surface area contributed by atoms with Crippen LogP contribution in [0.25, 0.3) is 0 Å². The van der Waals surface area contributed by atoms with Crippen LogP contribution in [0.4, 0.5) is 5.00 Å². The molecular weight excluding hydrogens is 346 g/mol. The molecule has 0 spiro atoms. The molecule has 1 aliphatic carbocycles. The van der Waals surface area contributed by atoms with Crippen LogP contribution in [0.15, 0.2) is 6.20 Å². The minimum Gasteiger partial charge on any atom is -0.315 e. The van der Waals surface area contributed by atoms with Crippen LogP contribution < -0.4 is 5.32 Å². The maximum atomic E-state index is 12.5. The van der Waals surface area contributed by atoms with Gasteiger partial charge in [-0.1, -0.05) is 6.92 Å². The summed E-state index contributed by atoms with van der Waals surface area (Å²) in [6, 6.07) is 2.30. The number of rotatable bonds is 5. The molecule has 1 atom stereocenters. The zero-order valence-corrected chi connectivity index (χ0v) is 16.6. The zero-order valence-electron chi connectivity index (χ0n) is 15.8. The standard InChI is InChI=1S/C19H25N5OS/c1-12-5-6-15-16(8-20)19(26-17(15)7-12)21-18(25)11-23(3)9-14-10-24(4)22-13(14)2/h10,12H,5-7,9,11H2,1-4H3,(H,21,25)/t12-/m1/s1. The molecule has 0 fully saturated rings. The molecule has 0 aliphatic heterocycles. The van der Waals surface area contributed by atoms with Crippen LogP contribution in [0, 0.1) is 24.2 Å². The SMILES string of the molecule is Cc1nn(C)cc1CN(C)CC(=O)Nc1sc2c(c1C#N)CC[C@@H](C)C2. The van der Waals surface area contributed by atoms with Crippen molar-refractivity contribution in [3.05, 3.63) is 33.5 Å². The van der Waals surface area contributed by atoms with Crippen molar-refractivity contribution in [1.82, 2.24) is 14.7 Å². The number of likely N-dealkylation sites (N-methyl/N-ethyl adjacent to an activating group) is 1. The fraction of sp³-hybridized carbons (Fsp3) is 0.526. The van der Waals surface area contributed by atoms with E-state index in [1.165, 1.54) is 4.88 Å². The monoisotopic (exact) mass is 371 g/mol. The van der Waals surface area contributed by atoms with Crippen molar-refractivity contribution < 1.29 is 4.79 Å². The van der Waals surface area contributed by atoms with Gasteiger partial charge in [0.05, 0.1) is 17.8 Å². The molecule has 2 aromatic rings. The van der Waals surface area contributed by atoms with E-state index in [1.807, 2.05) is 32.1 Å². The van der Waals surface area contributed by atoms with Crippen molar-refractivity contribution in [3.8, 4) is 6.07 Å². The second kappa shape index (κ2) is 7.60. The lowest BCUT2D eigenvalue weighted by molar-refractivity contribution is -0.117. The van der Waals surface area contributed by atoms with E-state index in [-0.39, 0.29) is 12.5 Å². The maximum Gasteiger partial charge on any atom is 0.239 e. The fourth-order valence-corrected chi connectivity index (χ4v) is 4.90. The molecule has 1 amide bonds. The third-order valence-electron chi connectivity index (χ3n) is 4.85. The minimum absolute atomic E-state index is 0.0859. The topological polar surface area (TPSA) is 74.0 Å². The van der Waals surface area contributed by atoms with Gasteiger partial charge in [-0.25, -0.2) is 0 Å². The molecule has 1 aliphatic rings. The molecule has 0 bridgehead atoms. The highest BCUT2D eigenvalue weighted by molar-refractivity contribution is 7.16. The number of hydrogen-bond donors (Lipinski definition) is 1. The minimum atomic E-state index is -0.0859. The van der Waals surface area contributed by atoms with E-state index in [2.05, 4.69) is 23.4 Å². The van der Waals surface area contributed by atoms with Crippen molar-refractivity contribution in [2.75, 3.05) is 18.9 Å². The Balaban J connectivity index is 1.65. The number of aryl methyl sites for hydroxylation is 2. The summed E-state index contributed by atoms with van der Waals surface area (Å²) in [7, 11) is 3.81. The van der Waals surface area contributed by atoms with E-state index in [1.54, 1.807) is 16.0 Å². The fourth-order valence-electron chi connectivity index (χ4n) is 3.52. The molecule has 0 radical (unpaired) electrons. The van der Waals surface area contributed by atoms with Crippen molar-refractivity contribution in [1.29, 1.82) is 5.26 Å². The van der Waals surface area contributed by atoms with Crippen LogP contribution in [0.5, 0.6) is 0 Å². The van der Waals surface area contributed by atoms with Crippen LogP contribution in [0.1, 0.15) is 40.6 Å². The molecule has 26 heavy (non-hydrogen) atoms. The number of aromatic nitrogens is 2. The largest absolute Gasteiger partial charge is 0.315 e. The summed E-state index contributed by atoms with van der Waals surface area (Å²) in [6.07, 6.45) is 5.03. The molecule has 0 saturated heterocycles. The van der Waals surface area contributed by atoms with Gasteiger partial charge in [0, 0.05) is 30.2 Å². The number of nitrogens with zero attached hydrogens (tertiary/aromatic N) is 4. The number of carbonyl (C=O) groups is 1. The number of nitriles is 1. The van der Waals surface area contributed by atoms with Crippen LogP contribution >= 0.6 is 11.3 Å². The number of anilines is 1. The van der Waals surface area contributed by atoms with E-state index >= 15 is 0 Å². The summed E-state index contributed by atoms with van der Waals surface area (Å²) in [5, 5.41) is 17.5. The van der Waals surface area contributed by atoms with E-state index in [9.17, 15) is 10.1 Å². The Kier molecular flexibility index (Phi) is 5.44. The lowest BCUT2D eigenvalue weighted by Crippen LogP contribution is -2.29. The molecule has 138 valence electrons. The summed E-state index contributed by atoms with van der Waals surface area (Å²) in [5.41, 5.74) is 3.90. The smallest absolute Gasteiger partial charge is 0.239 e. The number of fused-ring (bicyclic) bond motifs is 1. The van der Waals surface area contributed by atoms with E-state index in [0.717, 1.165) is 36.1 Å². The summed E-state index contributed by atoms with van der Waals surface area (Å²) in [6.45, 7) is 5.15. The predicted molar refractivity (Wildman–Crippen MR) is 103 cm³/mol. The van der Waals surface area contributed by atoms with E-state index in [4.69, 9.17) is 0 Å². The summed E-state index contributed by atoms with van der Waals surface area (Å²) < 4.78 is 1.79. The first-order valence-corrected chi connectivity index (χ1v) is 9.71. The molecular formula is C19H25N5OS. The highest BCUT2D eigenvalue weighted by Gasteiger charge is 2.24. The van der Waals surface area contributed by atoms with Crippen LogP contribution in [-0.4, -0.2) is 34.2 Å². The average molecular weight is 372 g/mol. The highest BCUT2D eigenvalue weighted by Crippen LogP contribution is 2.39. The molecule has 6 nitrogen and oxygen atoms in total. The number of hydrogen-bond acceptors (Lipinski definition) is 5. The highest BCUT2D eigenvalue weighted by atomic mass is 32.1. The van der Waals surface area contributed by atoms with Crippen LogP contribution in [0.3, 0.4) is 0 Å². The summed E-state index contributed by atoms with van der Waals surface area (Å²) in [5.74, 6) is 0.558. The Labute approximate surface area is 158 Å². The van der Waals surface area contributed by atoms with Gasteiger partial charge in [0.1, 0.15) is 11.1 Å². The number of carbonyl (C=O) groups excluding carboxylic acids is 1. The van der Waals surface area contributed by atoms with Gasteiger partial charge in [0.25, 0.3) is 0 Å². The quantitative estimate of drug-likeness (QED) is 0.877. The predicted octanol–water partition coefficient (Wildman–Crippen LogP) is 2.86. The van der Waals surface area contributed by atoms with Gasteiger partial charge in [0.2, 0.25) is 5.91 Å². The zero-order chi connectivity index (χ0) is 18.8. The molecule has 0 aromatic carbocycles. The lowest BCUT2D eigenvalue weighted by atomic mass is 9.89.